The molecule has 3 aromatic carbocycles. The minimum atomic E-state index is -0.917. The number of carboxylic acid groups (broad SMARTS) is 1. The summed E-state index contributed by atoms with van der Waals surface area (Å²) in [5, 5.41) is 9.46. The predicted molar refractivity (Wildman–Crippen MR) is 121 cm³/mol. The highest BCUT2D eigenvalue weighted by Crippen LogP contribution is 2.26. The lowest BCUT2D eigenvalue weighted by molar-refractivity contribution is 0.0697. The third kappa shape index (κ3) is 3.92. The molecule has 0 spiro atoms. The number of aromatic carboxylic acids is 1. The van der Waals surface area contributed by atoms with Gasteiger partial charge in [-0.3, -0.25) is 0 Å². The van der Waals surface area contributed by atoms with Gasteiger partial charge in [0, 0.05) is 18.7 Å². The smallest absolute Gasteiger partial charge is 0.336 e. The van der Waals surface area contributed by atoms with E-state index in [4.69, 9.17) is 10.7 Å². The fourth-order valence-corrected chi connectivity index (χ4v) is 3.79. The summed E-state index contributed by atoms with van der Waals surface area (Å²) in [7, 11) is 0. The van der Waals surface area contributed by atoms with E-state index in [-0.39, 0.29) is 0 Å². The zero-order valence-electron chi connectivity index (χ0n) is 17.0. The third-order valence-electron chi connectivity index (χ3n) is 5.37. The first-order chi connectivity index (χ1) is 14.6. The summed E-state index contributed by atoms with van der Waals surface area (Å²) in [6.45, 7) is 2.89. The number of carbonyl (C=O) groups is 1. The second kappa shape index (κ2) is 8.41. The van der Waals surface area contributed by atoms with Crippen LogP contribution in [0.4, 0.5) is 5.69 Å². The maximum absolute atomic E-state index is 11.5. The number of aryl methyl sites for hydroxylation is 1. The molecule has 5 nitrogen and oxygen atoms in total. The van der Waals surface area contributed by atoms with Crippen molar-refractivity contribution in [3.63, 3.8) is 0 Å². The maximum Gasteiger partial charge on any atom is 0.336 e. The average Bonchev–Trinajstić information content (AvgIpc) is 3.09. The van der Waals surface area contributed by atoms with Gasteiger partial charge in [-0.15, -0.1) is 0 Å². The Bertz CT molecular complexity index is 1190. The van der Waals surface area contributed by atoms with Gasteiger partial charge in [-0.2, -0.15) is 0 Å². The number of rotatable bonds is 7. The first-order valence-electron chi connectivity index (χ1n) is 10.2. The number of hydrogen-bond donors (Lipinski definition) is 2. The SMILES string of the molecule is CCCCc1nc2cc(N)ccc2n1Cc1ccc(-c2ccccc2C(=O)O)cc1. The molecule has 1 heterocycles. The van der Waals surface area contributed by atoms with Crippen LogP contribution in [0.15, 0.2) is 66.7 Å². The molecule has 0 aliphatic rings. The number of nitrogen functional groups attached to an aromatic ring is 1. The van der Waals surface area contributed by atoms with E-state index >= 15 is 0 Å². The van der Waals surface area contributed by atoms with E-state index in [9.17, 15) is 9.90 Å². The quantitative estimate of drug-likeness (QED) is 0.409. The Morgan fingerprint density at radius 3 is 2.57 bits per heavy atom. The number of unbranched alkanes of at least 4 members (excludes halogenated alkanes) is 1. The molecule has 1 aromatic heterocycles. The molecule has 0 aliphatic carbocycles. The van der Waals surface area contributed by atoms with Crippen molar-refractivity contribution in [3.8, 4) is 11.1 Å². The molecule has 0 amide bonds. The largest absolute Gasteiger partial charge is 0.478 e. The normalized spacial score (nSPS) is 11.1. The van der Waals surface area contributed by atoms with Gasteiger partial charge < -0.3 is 15.4 Å². The van der Waals surface area contributed by atoms with Gasteiger partial charge in [-0.05, 0) is 47.4 Å². The summed E-state index contributed by atoms with van der Waals surface area (Å²) in [5.74, 6) is 0.150. The van der Waals surface area contributed by atoms with E-state index in [1.165, 1.54) is 0 Å². The van der Waals surface area contributed by atoms with Crippen LogP contribution >= 0.6 is 0 Å². The molecule has 0 aliphatic heterocycles. The number of anilines is 1. The molecule has 0 unspecified atom stereocenters. The van der Waals surface area contributed by atoms with Crippen molar-refractivity contribution in [1.29, 1.82) is 0 Å². The minimum absolute atomic E-state index is 0.310. The number of benzene rings is 3. The van der Waals surface area contributed by atoms with Gasteiger partial charge in [0.25, 0.3) is 0 Å². The molecule has 0 fully saturated rings. The molecule has 152 valence electrons. The van der Waals surface area contributed by atoms with E-state index in [1.54, 1.807) is 12.1 Å². The standard InChI is InChI=1S/C25H25N3O2/c1-2-3-8-24-27-22-15-19(26)13-14-23(22)28(24)16-17-9-11-18(12-10-17)20-6-4-5-7-21(20)25(29)30/h4-7,9-15H,2-3,8,16,26H2,1H3,(H,29,30). The zero-order valence-corrected chi connectivity index (χ0v) is 17.0. The fraction of sp³-hybridized carbons (Fsp3) is 0.200. The van der Waals surface area contributed by atoms with Gasteiger partial charge in [-0.25, -0.2) is 9.78 Å². The van der Waals surface area contributed by atoms with Crippen molar-refractivity contribution in [2.75, 3.05) is 5.73 Å². The molecule has 4 rings (SSSR count). The van der Waals surface area contributed by atoms with Crippen LogP contribution in [-0.4, -0.2) is 20.6 Å². The van der Waals surface area contributed by atoms with Crippen molar-refractivity contribution in [1.82, 2.24) is 9.55 Å². The number of nitrogens with two attached hydrogens (primary N) is 1. The van der Waals surface area contributed by atoms with E-state index in [2.05, 4.69) is 23.6 Å². The summed E-state index contributed by atoms with van der Waals surface area (Å²) < 4.78 is 2.25. The van der Waals surface area contributed by atoms with Crippen LogP contribution in [0.25, 0.3) is 22.2 Å². The van der Waals surface area contributed by atoms with E-state index in [0.29, 0.717) is 12.1 Å². The van der Waals surface area contributed by atoms with Crippen molar-refractivity contribution in [3.05, 3.63) is 83.7 Å². The Morgan fingerprint density at radius 2 is 1.83 bits per heavy atom. The Kier molecular flexibility index (Phi) is 5.53. The highest BCUT2D eigenvalue weighted by atomic mass is 16.4. The van der Waals surface area contributed by atoms with Crippen LogP contribution in [0.1, 0.15) is 41.5 Å². The van der Waals surface area contributed by atoms with Gasteiger partial charge in [0.15, 0.2) is 0 Å². The van der Waals surface area contributed by atoms with Crippen molar-refractivity contribution < 1.29 is 9.90 Å². The molecule has 0 radical (unpaired) electrons. The second-order valence-corrected chi connectivity index (χ2v) is 7.51. The molecule has 0 saturated carbocycles. The minimum Gasteiger partial charge on any atom is -0.478 e. The Balaban J connectivity index is 1.67. The van der Waals surface area contributed by atoms with Crippen LogP contribution in [0.3, 0.4) is 0 Å². The summed E-state index contributed by atoms with van der Waals surface area (Å²) in [4.78, 5) is 16.3. The first-order valence-corrected chi connectivity index (χ1v) is 10.2. The maximum atomic E-state index is 11.5. The lowest BCUT2D eigenvalue weighted by Gasteiger charge is -2.11. The predicted octanol–water partition coefficient (Wildman–Crippen LogP) is 5.37. The van der Waals surface area contributed by atoms with Crippen molar-refractivity contribution in [2.45, 2.75) is 32.7 Å². The highest BCUT2D eigenvalue weighted by molar-refractivity contribution is 5.96. The van der Waals surface area contributed by atoms with Gasteiger partial charge in [0.1, 0.15) is 5.82 Å². The summed E-state index contributed by atoms with van der Waals surface area (Å²) in [6, 6.07) is 21.0. The van der Waals surface area contributed by atoms with Crippen LogP contribution in [0.2, 0.25) is 0 Å². The number of aromatic nitrogens is 2. The number of hydrogen-bond acceptors (Lipinski definition) is 3. The topological polar surface area (TPSA) is 81.1 Å². The Hall–Kier alpha value is -3.60. The molecule has 0 bridgehead atoms. The summed E-state index contributed by atoms with van der Waals surface area (Å²) in [5.41, 5.74) is 11.7. The number of nitrogens with zero attached hydrogens (tertiary/aromatic N) is 2. The zero-order chi connectivity index (χ0) is 21.1. The Morgan fingerprint density at radius 1 is 1.07 bits per heavy atom. The number of imidazole rings is 1. The molecule has 5 heteroatoms. The van der Waals surface area contributed by atoms with Crippen molar-refractivity contribution in [2.24, 2.45) is 0 Å². The highest BCUT2D eigenvalue weighted by Gasteiger charge is 2.13. The van der Waals surface area contributed by atoms with E-state index < -0.39 is 5.97 Å². The third-order valence-corrected chi connectivity index (χ3v) is 5.37. The van der Waals surface area contributed by atoms with Gasteiger partial charge in [0.05, 0.1) is 16.6 Å². The fourth-order valence-electron chi connectivity index (χ4n) is 3.79. The number of fused-ring (bicyclic) bond motifs is 1. The number of carboxylic acids is 1. The van der Waals surface area contributed by atoms with Crippen LogP contribution in [0.5, 0.6) is 0 Å². The molecule has 0 atom stereocenters. The van der Waals surface area contributed by atoms with Crippen LogP contribution in [0, 0.1) is 0 Å². The molecule has 0 saturated heterocycles. The lowest BCUT2D eigenvalue weighted by Crippen LogP contribution is -2.05. The summed E-state index contributed by atoms with van der Waals surface area (Å²) in [6.07, 6.45) is 3.13. The van der Waals surface area contributed by atoms with Crippen LogP contribution < -0.4 is 5.73 Å². The van der Waals surface area contributed by atoms with E-state index in [0.717, 1.165) is 58.5 Å². The monoisotopic (exact) mass is 399 g/mol. The Labute approximate surface area is 175 Å². The van der Waals surface area contributed by atoms with E-state index in [1.807, 2.05) is 42.5 Å². The van der Waals surface area contributed by atoms with Gasteiger partial charge >= 0.3 is 5.97 Å². The first kappa shape index (κ1) is 19.7. The average molecular weight is 399 g/mol. The summed E-state index contributed by atoms with van der Waals surface area (Å²) >= 11 is 0. The molecular weight excluding hydrogens is 374 g/mol. The second-order valence-electron chi connectivity index (χ2n) is 7.51. The molecule has 4 aromatic rings. The van der Waals surface area contributed by atoms with Gasteiger partial charge in [-0.1, -0.05) is 55.8 Å². The van der Waals surface area contributed by atoms with Gasteiger partial charge in [0.2, 0.25) is 0 Å². The molecule has 3 N–H and O–H groups in total. The molecule has 30 heavy (non-hydrogen) atoms. The lowest BCUT2D eigenvalue weighted by atomic mass is 9.99. The molecular formula is C25H25N3O2. The van der Waals surface area contributed by atoms with Crippen LogP contribution in [-0.2, 0) is 13.0 Å². The van der Waals surface area contributed by atoms with Crippen molar-refractivity contribution >= 4 is 22.7 Å².